The Balaban J connectivity index is 2.30. The Bertz CT molecular complexity index is 578. The van der Waals surface area contributed by atoms with Crippen LogP contribution in [0.4, 0.5) is 4.39 Å². The van der Waals surface area contributed by atoms with Crippen molar-refractivity contribution >= 4 is 10.0 Å². The first-order valence-corrected chi connectivity index (χ1v) is 6.99. The summed E-state index contributed by atoms with van der Waals surface area (Å²) in [5, 5.41) is 8.55. The lowest BCUT2D eigenvalue weighted by Crippen LogP contribution is -2.34. The van der Waals surface area contributed by atoms with Gasteiger partial charge in [-0.05, 0) is 18.9 Å². The summed E-state index contributed by atoms with van der Waals surface area (Å²) in [5.74, 6) is -0.688. The summed E-state index contributed by atoms with van der Waals surface area (Å²) in [6.07, 6.45) is 3.77. The molecule has 96 valence electrons. The highest BCUT2D eigenvalue weighted by Gasteiger charge is 2.37. The van der Waals surface area contributed by atoms with E-state index in [-0.39, 0.29) is 23.9 Å². The molecule has 0 amide bonds. The van der Waals surface area contributed by atoms with Crippen LogP contribution in [-0.2, 0) is 10.0 Å². The molecular weight excluding hydrogens is 257 g/mol. The molecule has 2 rings (SSSR count). The molecule has 5 nitrogen and oxygen atoms in total. The van der Waals surface area contributed by atoms with E-state index in [0.29, 0.717) is 0 Å². The Hall–Kier alpha value is -1.52. The van der Waals surface area contributed by atoms with E-state index in [9.17, 15) is 12.8 Å². The summed E-state index contributed by atoms with van der Waals surface area (Å²) in [7, 11) is -3.75. The smallest absolute Gasteiger partial charge is 0.244 e. The number of nitriles is 1. The minimum absolute atomic E-state index is 0.0633. The van der Waals surface area contributed by atoms with Crippen molar-refractivity contribution < 1.29 is 12.8 Å². The summed E-state index contributed by atoms with van der Waals surface area (Å²) in [4.78, 5) is 3.39. The Labute approximate surface area is 105 Å². The van der Waals surface area contributed by atoms with Crippen molar-refractivity contribution in [3.63, 3.8) is 0 Å². The average molecular weight is 269 g/mol. The van der Waals surface area contributed by atoms with Gasteiger partial charge in [0.05, 0.1) is 12.3 Å². The van der Waals surface area contributed by atoms with Gasteiger partial charge in [0.25, 0.3) is 0 Å². The van der Waals surface area contributed by atoms with Crippen molar-refractivity contribution in [3.8, 4) is 6.07 Å². The molecular formula is C11H12FN3O2S. The topological polar surface area (TPSA) is 74.1 Å². The molecule has 0 saturated heterocycles. The first-order chi connectivity index (χ1) is 8.55. The van der Waals surface area contributed by atoms with E-state index in [1.807, 2.05) is 6.07 Å². The molecule has 18 heavy (non-hydrogen) atoms. The van der Waals surface area contributed by atoms with Gasteiger partial charge >= 0.3 is 0 Å². The fourth-order valence-corrected chi connectivity index (χ4v) is 3.35. The van der Waals surface area contributed by atoms with E-state index >= 15 is 0 Å². The molecule has 1 fully saturated rings. The van der Waals surface area contributed by atoms with E-state index in [1.165, 1.54) is 4.31 Å². The third-order valence-corrected chi connectivity index (χ3v) is 4.60. The maximum Gasteiger partial charge on any atom is 0.244 e. The molecule has 0 unspecified atom stereocenters. The van der Waals surface area contributed by atoms with Gasteiger partial charge in [-0.1, -0.05) is 0 Å². The number of pyridine rings is 1. The lowest BCUT2D eigenvalue weighted by Gasteiger charge is -2.20. The Morgan fingerprint density at radius 2 is 2.22 bits per heavy atom. The SMILES string of the molecule is N#CCCN(C1CC1)S(=O)(=O)c1cncc(F)c1. The molecule has 0 aliphatic heterocycles. The number of aromatic nitrogens is 1. The molecule has 0 N–H and O–H groups in total. The van der Waals surface area contributed by atoms with Gasteiger partial charge in [0, 0.05) is 25.2 Å². The number of nitrogens with zero attached hydrogens (tertiary/aromatic N) is 3. The van der Waals surface area contributed by atoms with Crippen LogP contribution in [-0.4, -0.2) is 30.3 Å². The molecule has 7 heteroatoms. The summed E-state index contributed by atoms with van der Waals surface area (Å²) in [6, 6.07) is 2.81. The van der Waals surface area contributed by atoms with E-state index in [0.717, 1.165) is 31.3 Å². The highest BCUT2D eigenvalue weighted by molar-refractivity contribution is 7.89. The van der Waals surface area contributed by atoms with Crippen LogP contribution in [0.1, 0.15) is 19.3 Å². The Morgan fingerprint density at radius 3 is 2.78 bits per heavy atom. The second kappa shape index (κ2) is 5.00. The number of rotatable bonds is 5. The van der Waals surface area contributed by atoms with Crippen LogP contribution in [0.2, 0.25) is 0 Å². The number of hydrogen-bond donors (Lipinski definition) is 0. The molecule has 1 heterocycles. The number of halogens is 1. The fourth-order valence-electron chi connectivity index (χ4n) is 1.69. The summed E-state index contributed by atoms with van der Waals surface area (Å²) in [5.41, 5.74) is 0. The predicted octanol–water partition coefficient (Wildman–Crippen LogP) is 1.29. The zero-order chi connectivity index (χ0) is 13.2. The van der Waals surface area contributed by atoms with E-state index in [1.54, 1.807) is 0 Å². The molecule has 1 aliphatic carbocycles. The lowest BCUT2D eigenvalue weighted by atomic mass is 10.4. The van der Waals surface area contributed by atoms with Gasteiger partial charge in [-0.2, -0.15) is 9.57 Å². The standard InChI is InChI=1S/C11H12FN3O2S/c12-9-6-11(8-14-7-9)18(16,17)15(5-1-4-13)10-2-3-10/h6-8,10H,1-3,5H2. The minimum Gasteiger partial charge on any atom is -0.260 e. The van der Waals surface area contributed by atoms with Crippen LogP contribution in [0, 0.1) is 17.1 Å². The molecule has 0 bridgehead atoms. The first kappa shape index (κ1) is 12.9. The van der Waals surface area contributed by atoms with Crippen LogP contribution in [0.3, 0.4) is 0 Å². The Morgan fingerprint density at radius 1 is 1.50 bits per heavy atom. The van der Waals surface area contributed by atoms with Crippen molar-refractivity contribution in [1.29, 1.82) is 5.26 Å². The van der Waals surface area contributed by atoms with Gasteiger partial charge in [-0.15, -0.1) is 0 Å². The Kier molecular flexibility index (Phi) is 3.59. The first-order valence-electron chi connectivity index (χ1n) is 5.55. The monoisotopic (exact) mass is 269 g/mol. The van der Waals surface area contributed by atoms with Crippen LogP contribution in [0.25, 0.3) is 0 Å². The highest BCUT2D eigenvalue weighted by atomic mass is 32.2. The molecule has 1 aliphatic rings. The maximum atomic E-state index is 13.0. The normalized spacial score (nSPS) is 15.6. The molecule has 0 spiro atoms. The van der Waals surface area contributed by atoms with Crippen molar-refractivity contribution in [3.05, 3.63) is 24.3 Å². The van der Waals surface area contributed by atoms with E-state index in [2.05, 4.69) is 4.98 Å². The van der Waals surface area contributed by atoms with Gasteiger partial charge in [0.1, 0.15) is 10.7 Å². The molecule has 1 aromatic rings. The zero-order valence-corrected chi connectivity index (χ0v) is 10.4. The van der Waals surface area contributed by atoms with Gasteiger partial charge in [-0.3, -0.25) is 4.98 Å². The second-order valence-corrected chi connectivity index (χ2v) is 5.98. The third kappa shape index (κ3) is 2.66. The highest BCUT2D eigenvalue weighted by Crippen LogP contribution is 2.31. The van der Waals surface area contributed by atoms with Crippen molar-refractivity contribution in [1.82, 2.24) is 9.29 Å². The van der Waals surface area contributed by atoms with Gasteiger partial charge < -0.3 is 0 Å². The fraction of sp³-hybridized carbons (Fsp3) is 0.455. The van der Waals surface area contributed by atoms with Crippen LogP contribution in [0.15, 0.2) is 23.4 Å². The predicted molar refractivity (Wildman–Crippen MR) is 61.3 cm³/mol. The molecule has 1 saturated carbocycles. The third-order valence-electron chi connectivity index (χ3n) is 2.68. The van der Waals surface area contributed by atoms with Crippen LogP contribution in [0.5, 0.6) is 0 Å². The van der Waals surface area contributed by atoms with Gasteiger partial charge in [-0.25, -0.2) is 12.8 Å². The maximum absolute atomic E-state index is 13.0. The summed E-state index contributed by atoms with van der Waals surface area (Å²) >= 11 is 0. The second-order valence-electron chi connectivity index (χ2n) is 4.09. The summed E-state index contributed by atoms with van der Waals surface area (Å²) in [6.45, 7) is 0.139. The van der Waals surface area contributed by atoms with Crippen LogP contribution >= 0.6 is 0 Å². The lowest BCUT2D eigenvalue weighted by molar-refractivity contribution is 0.410. The molecule has 0 aromatic carbocycles. The summed E-state index contributed by atoms with van der Waals surface area (Å²) < 4.78 is 38.9. The van der Waals surface area contributed by atoms with Crippen molar-refractivity contribution in [2.75, 3.05) is 6.54 Å². The zero-order valence-electron chi connectivity index (χ0n) is 9.58. The quantitative estimate of drug-likeness (QED) is 0.807. The van der Waals surface area contributed by atoms with Crippen LogP contribution < -0.4 is 0 Å². The van der Waals surface area contributed by atoms with Crippen molar-refractivity contribution in [2.24, 2.45) is 0 Å². The molecule has 1 aromatic heterocycles. The van der Waals surface area contributed by atoms with E-state index < -0.39 is 15.8 Å². The van der Waals surface area contributed by atoms with Gasteiger partial charge in [0.15, 0.2) is 0 Å². The minimum atomic E-state index is -3.75. The van der Waals surface area contributed by atoms with Gasteiger partial charge in [0.2, 0.25) is 10.0 Å². The van der Waals surface area contributed by atoms with E-state index in [4.69, 9.17) is 5.26 Å². The molecule has 0 radical (unpaired) electrons. The molecule has 0 atom stereocenters. The largest absolute Gasteiger partial charge is 0.260 e. The number of hydrogen-bond acceptors (Lipinski definition) is 4. The average Bonchev–Trinajstić information content (AvgIpc) is 3.14. The number of sulfonamides is 1. The van der Waals surface area contributed by atoms with Crippen molar-refractivity contribution in [2.45, 2.75) is 30.2 Å².